The lowest BCUT2D eigenvalue weighted by molar-refractivity contribution is -0.122. The average molecular weight is 461 g/mol. The van der Waals surface area contributed by atoms with E-state index in [0.29, 0.717) is 35.5 Å². The van der Waals surface area contributed by atoms with Gasteiger partial charge in [-0.05, 0) is 89.9 Å². The zero-order chi connectivity index (χ0) is 23.4. The van der Waals surface area contributed by atoms with E-state index in [2.05, 4.69) is 12.2 Å². The van der Waals surface area contributed by atoms with Gasteiger partial charge in [-0.3, -0.25) is 0 Å². The minimum Gasteiger partial charge on any atom is -0.429 e. The first-order valence-corrected chi connectivity index (χ1v) is 12.5. The van der Waals surface area contributed by atoms with Crippen LogP contribution in [-0.4, -0.2) is 47.9 Å². The molecule has 6 bridgehead atoms. The van der Waals surface area contributed by atoms with Gasteiger partial charge in [0.15, 0.2) is 0 Å². The maximum absolute atomic E-state index is 12.6. The van der Waals surface area contributed by atoms with Crippen LogP contribution in [0, 0.1) is 47.3 Å². The minimum atomic E-state index is -0.709. The Morgan fingerprint density at radius 2 is 1.12 bits per heavy atom. The second-order valence-electron chi connectivity index (χ2n) is 13.0. The molecule has 3 saturated carbocycles. The number of rotatable bonds is 2. The zero-order valence-corrected chi connectivity index (χ0v) is 20.4. The molecular formula is C26H36O7. The summed E-state index contributed by atoms with van der Waals surface area (Å²) in [5.74, 6) is 3.32. The third-order valence-electron chi connectivity index (χ3n) is 8.80. The Kier molecular flexibility index (Phi) is 4.54. The monoisotopic (exact) mass is 460 g/mol. The van der Waals surface area contributed by atoms with Gasteiger partial charge in [0.1, 0.15) is 23.4 Å². The number of allylic oxidation sites excluding steroid dienone is 2. The highest BCUT2D eigenvalue weighted by Crippen LogP contribution is 2.71. The molecule has 2 saturated heterocycles. The van der Waals surface area contributed by atoms with Crippen molar-refractivity contribution in [2.24, 2.45) is 47.3 Å². The first-order valence-electron chi connectivity index (χ1n) is 12.5. The Balaban J connectivity index is 1.26. The third-order valence-corrected chi connectivity index (χ3v) is 8.80. The van der Waals surface area contributed by atoms with Gasteiger partial charge in [-0.1, -0.05) is 12.2 Å². The van der Waals surface area contributed by atoms with Crippen LogP contribution in [0.2, 0.25) is 0 Å². The van der Waals surface area contributed by atoms with Crippen LogP contribution >= 0.6 is 0 Å². The van der Waals surface area contributed by atoms with E-state index in [1.807, 2.05) is 41.5 Å². The average Bonchev–Trinajstić information content (AvgIpc) is 3.46. The highest BCUT2D eigenvalue weighted by atomic mass is 16.8. The van der Waals surface area contributed by atoms with Crippen LogP contribution in [0.15, 0.2) is 12.2 Å². The number of carbonyl (C=O) groups is 2. The van der Waals surface area contributed by atoms with Crippen LogP contribution in [-0.2, 0) is 23.7 Å². The molecule has 33 heavy (non-hydrogen) atoms. The summed E-state index contributed by atoms with van der Waals surface area (Å²) in [4.78, 5) is 25.3. The molecule has 7 nitrogen and oxygen atoms in total. The molecule has 6 aliphatic rings. The van der Waals surface area contributed by atoms with Crippen LogP contribution in [0.1, 0.15) is 54.4 Å². The molecule has 182 valence electrons. The van der Waals surface area contributed by atoms with Gasteiger partial charge in [0.05, 0.1) is 12.2 Å². The lowest BCUT2D eigenvalue weighted by Gasteiger charge is -2.45. The largest absolute Gasteiger partial charge is 0.509 e. The summed E-state index contributed by atoms with van der Waals surface area (Å²) in [6.45, 7) is 10.9. The summed E-state index contributed by atoms with van der Waals surface area (Å²) in [6.07, 6.45) is 4.86. The molecule has 0 aromatic carbocycles. The molecule has 0 spiro atoms. The van der Waals surface area contributed by atoms with Gasteiger partial charge in [0, 0.05) is 11.8 Å². The van der Waals surface area contributed by atoms with E-state index in [4.69, 9.17) is 23.7 Å². The fourth-order valence-corrected chi connectivity index (χ4v) is 8.28. The molecular weight excluding hydrogens is 424 g/mol. The van der Waals surface area contributed by atoms with Gasteiger partial charge in [-0.2, -0.15) is 0 Å². The second kappa shape index (κ2) is 6.89. The first-order chi connectivity index (χ1) is 15.4. The molecule has 0 amide bonds. The van der Waals surface area contributed by atoms with Crippen LogP contribution in [0.3, 0.4) is 0 Å². The quantitative estimate of drug-likeness (QED) is 0.435. The van der Waals surface area contributed by atoms with Crippen LogP contribution in [0.5, 0.6) is 0 Å². The summed E-state index contributed by atoms with van der Waals surface area (Å²) >= 11 is 0. The van der Waals surface area contributed by atoms with E-state index in [1.54, 1.807) is 0 Å². The van der Waals surface area contributed by atoms with E-state index in [9.17, 15) is 9.59 Å². The molecule has 4 aliphatic carbocycles. The van der Waals surface area contributed by atoms with Crippen molar-refractivity contribution in [3.05, 3.63) is 12.2 Å². The standard InChI is InChI=1S/C26H36O7/c1-25(2,3)32-23(27)30-19-13-10-14(20(19)31-24(28)33-26(4,5)6)18-17(13)21-15-11-7-8-12(9-11)16(15)22(18)29-21/h7-8,11-22H,9-10H2,1-6H3. The maximum Gasteiger partial charge on any atom is 0.509 e. The smallest absolute Gasteiger partial charge is 0.429 e. The normalized spacial score (nSPS) is 48.1. The lowest BCUT2D eigenvalue weighted by atomic mass is 9.60. The zero-order valence-electron chi connectivity index (χ0n) is 20.4. The van der Waals surface area contributed by atoms with Crippen molar-refractivity contribution in [3.8, 4) is 0 Å². The SMILES string of the molecule is CC(C)(C)OC(=O)OC1C2CC(C1OC(=O)OC(C)(C)C)C1C3OC(C4C5C=CC(C5)C34)C21. The first kappa shape index (κ1) is 21.8. The molecule has 2 aliphatic heterocycles. The van der Waals surface area contributed by atoms with E-state index >= 15 is 0 Å². The van der Waals surface area contributed by atoms with Gasteiger partial charge < -0.3 is 23.7 Å². The van der Waals surface area contributed by atoms with Crippen molar-refractivity contribution in [1.29, 1.82) is 0 Å². The van der Waals surface area contributed by atoms with Gasteiger partial charge in [0.25, 0.3) is 0 Å². The van der Waals surface area contributed by atoms with E-state index in [-0.39, 0.29) is 24.0 Å². The van der Waals surface area contributed by atoms with Gasteiger partial charge >= 0.3 is 12.3 Å². The van der Waals surface area contributed by atoms with Crippen LogP contribution < -0.4 is 0 Å². The molecule has 0 aromatic heterocycles. The Morgan fingerprint density at radius 3 is 1.52 bits per heavy atom. The Morgan fingerprint density at radius 1 is 0.697 bits per heavy atom. The highest BCUT2D eigenvalue weighted by molar-refractivity contribution is 5.62. The predicted octanol–water partition coefficient (Wildman–Crippen LogP) is 4.73. The lowest BCUT2D eigenvalue weighted by Crippen LogP contribution is -2.53. The van der Waals surface area contributed by atoms with Gasteiger partial charge in [-0.15, -0.1) is 0 Å². The van der Waals surface area contributed by atoms with Crippen molar-refractivity contribution in [1.82, 2.24) is 0 Å². The Hall–Kier alpha value is -1.76. The number of carbonyl (C=O) groups excluding carboxylic acids is 2. The van der Waals surface area contributed by atoms with Crippen LogP contribution in [0.4, 0.5) is 9.59 Å². The van der Waals surface area contributed by atoms with Gasteiger partial charge in [0.2, 0.25) is 0 Å². The molecule has 5 fully saturated rings. The molecule has 0 aromatic rings. The van der Waals surface area contributed by atoms with Crippen molar-refractivity contribution >= 4 is 12.3 Å². The summed E-state index contributed by atoms with van der Waals surface area (Å²) in [5.41, 5.74) is -1.31. The van der Waals surface area contributed by atoms with Crippen molar-refractivity contribution in [3.63, 3.8) is 0 Å². The molecule has 0 radical (unpaired) electrons. The number of fused-ring (bicyclic) bond motifs is 16. The summed E-state index contributed by atoms with van der Waals surface area (Å²) in [5, 5.41) is 0. The fourth-order valence-electron chi connectivity index (χ4n) is 8.28. The molecule has 6 rings (SSSR count). The fraction of sp³-hybridized carbons (Fsp3) is 0.846. The number of hydrogen-bond acceptors (Lipinski definition) is 7. The van der Waals surface area contributed by atoms with Crippen LogP contribution in [0.25, 0.3) is 0 Å². The van der Waals surface area contributed by atoms with E-state index in [0.717, 1.165) is 6.42 Å². The minimum absolute atomic E-state index is 0.110. The van der Waals surface area contributed by atoms with Crippen molar-refractivity contribution in [2.45, 2.75) is 90.0 Å². The molecule has 12 atom stereocenters. The van der Waals surface area contributed by atoms with Gasteiger partial charge in [-0.25, -0.2) is 9.59 Å². The third kappa shape index (κ3) is 3.32. The number of ether oxygens (including phenoxy) is 5. The summed E-state index contributed by atoms with van der Waals surface area (Å²) < 4.78 is 29.3. The number of hydrogen-bond donors (Lipinski definition) is 0. The highest BCUT2D eigenvalue weighted by Gasteiger charge is 2.75. The molecule has 12 unspecified atom stereocenters. The Labute approximate surface area is 195 Å². The molecule has 7 heteroatoms. The molecule has 0 N–H and O–H groups in total. The Bertz CT molecular complexity index is 814. The summed E-state index contributed by atoms with van der Waals surface area (Å²) in [6, 6.07) is 0. The van der Waals surface area contributed by atoms with E-state index in [1.165, 1.54) is 6.42 Å². The van der Waals surface area contributed by atoms with Crippen molar-refractivity contribution < 1.29 is 33.3 Å². The summed E-state index contributed by atoms with van der Waals surface area (Å²) in [7, 11) is 0. The maximum atomic E-state index is 12.6. The van der Waals surface area contributed by atoms with Crippen molar-refractivity contribution in [2.75, 3.05) is 0 Å². The predicted molar refractivity (Wildman–Crippen MR) is 117 cm³/mol. The van der Waals surface area contributed by atoms with E-state index < -0.39 is 35.7 Å². The second-order valence-corrected chi connectivity index (χ2v) is 13.0. The topological polar surface area (TPSA) is 80.3 Å². The molecule has 2 heterocycles.